The molecule has 1 fully saturated rings. The Labute approximate surface area is 114 Å². The van der Waals surface area contributed by atoms with Gasteiger partial charge in [0.1, 0.15) is 0 Å². The van der Waals surface area contributed by atoms with E-state index < -0.39 is 34.7 Å². The van der Waals surface area contributed by atoms with Gasteiger partial charge in [0.05, 0.1) is 0 Å². The van der Waals surface area contributed by atoms with Crippen molar-refractivity contribution < 1.29 is 25.3 Å². The van der Waals surface area contributed by atoms with Gasteiger partial charge in [0.15, 0.2) is 0 Å². The maximum atomic E-state index is 6.12. The summed E-state index contributed by atoms with van der Waals surface area (Å²) in [4.78, 5) is 0. The third-order valence-electron chi connectivity index (χ3n) is 2.47. The van der Waals surface area contributed by atoms with Crippen LogP contribution in [0.5, 0.6) is 0 Å². The molecule has 1 aliphatic rings. The fraction of sp³-hybridized carbons (Fsp3) is 1.00. The molecular formula is C8H24O6Si4. The van der Waals surface area contributed by atoms with Crippen molar-refractivity contribution >= 4 is 34.7 Å². The van der Waals surface area contributed by atoms with E-state index in [0.717, 1.165) is 0 Å². The van der Waals surface area contributed by atoms with Crippen LogP contribution >= 0.6 is 0 Å². The van der Waals surface area contributed by atoms with Gasteiger partial charge in [0.25, 0.3) is 0 Å². The van der Waals surface area contributed by atoms with Gasteiger partial charge >= 0.3 is 34.7 Å². The van der Waals surface area contributed by atoms with Crippen molar-refractivity contribution in [2.75, 3.05) is 14.2 Å². The number of hydrogen-bond donors (Lipinski definition) is 0. The molecule has 2 atom stereocenters. The Morgan fingerprint density at radius 1 is 0.556 bits per heavy atom. The van der Waals surface area contributed by atoms with Crippen LogP contribution in [0.2, 0.25) is 39.3 Å². The van der Waals surface area contributed by atoms with Crippen molar-refractivity contribution in [3.8, 4) is 0 Å². The summed E-state index contributed by atoms with van der Waals surface area (Å²) in [6.45, 7) is 11.6. The minimum absolute atomic E-state index is 1.59. The molecule has 0 spiro atoms. The van der Waals surface area contributed by atoms with Gasteiger partial charge in [-0.15, -0.1) is 0 Å². The quantitative estimate of drug-likeness (QED) is 0.722. The third kappa shape index (κ3) is 4.33. The molecule has 108 valence electrons. The molecule has 0 aliphatic carbocycles. The zero-order valence-corrected chi connectivity index (χ0v) is 16.4. The maximum absolute atomic E-state index is 6.12. The van der Waals surface area contributed by atoms with E-state index in [-0.39, 0.29) is 0 Å². The maximum Gasteiger partial charge on any atom is 0.481 e. The normalized spacial score (nSPS) is 40.0. The first kappa shape index (κ1) is 16.7. The highest BCUT2D eigenvalue weighted by Gasteiger charge is 2.56. The highest BCUT2D eigenvalue weighted by molar-refractivity contribution is 6.90. The third-order valence-corrected chi connectivity index (χ3v) is 17.7. The standard InChI is InChI=1S/C8H24O6Si4/c1-9-17(7)12-15(3,4)11-16(5,6)13-18(8,10-2)14-17/h1-8H3. The van der Waals surface area contributed by atoms with Gasteiger partial charge in [0.2, 0.25) is 0 Å². The molecule has 1 saturated heterocycles. The van der Waals surface area contributed by atoms with Crippen molar-refractivity contribution in [3.05, 3.63) is 0 Å². The lowest BCUT2D eigenvalue weighted by atomic mass is 11.8. The molecule has 1 aliphatic heterocycles. The predicted molar refractivity (Wildman–Crippen MR) is 76.6 cm³/mol. The minimum Gasteiger partial charge on any atom is -0.416 e. The molecule has 10 heteroatoms. The van der Waals surface area contributed by atoms with Gasteiger partial charge in [-0.3, -0.25) is 0 Å². The van der Waals surface area contributed by atoms with Crippen LogP contribution < -0.4 is 0 Å². The second-order valence-corrected chi connectivity index (χ2v) is 18.5. The molecule has 0 aromatic rings. The highest BCUT2D eigenvalue weighted by Crippen LogP contribution is 2.30. The fourth-order valence-electron chi connectivity index (χ4n) is 2.07. The van der Waals surface area contributed by atoms with Crippen molar-refractivity contribution in [2.45, 2.75) is 39.3 Å². The number of rotatable bonds is 2. The van der Waals surface area contributed by atoms with E-state index in [1.807, 2.05) is 39.3 Å². The largest absolute Gasteiger partial charge is 0.481 e. The summed E-state index contributed by atoms with van der Waals surface area (Å²) >= 11 is 0. The van der Waals surface area contributed by atoms with Crippen LogP contribution in [0.3, 0.4) is 0 Å². The van der Waals surface area contributed by atoms with E-state index in [1.54, 1.807) is 14.2 Å². The Kier molecular flexibility index (Phi) is 4.81. The van der Waals surface area contributed by atoms with E-state index in [4.69, 9.17) is 25.3 Å². The summed E-state index contributed by atoms with van der Waals surface area (Å²) in [6.07, 6.45) is 0. The first-order valence-corrected chi connectivity index (χ1v) is 15.9. The first-order valence-electron chi connectivity index (χ1n) is 5.86. The smallest absolute Gasteiger partial charge is 0.416 e. The van der Waals surface area contributed by atoms with E-state index in [0.29, 0.717) is 0 Å². The Bertz CT molecular complexity index is 286. The highest BCUT2D eigenvalue weighted by atomic mass is 28.5. The molecule has 2 unspecified atom stereocenters. The molecule has 0 amide bonds. The average molecular weight is 329 g/mol. The minimum atomic E-state index is -2.78. The molecule has 0 aromatic heterocycles. The zero-order chi connectivity index (χ0) is 14.2. The SMILES string of the molecule is CO[Si]1(C)O[Si](C)(C)O[Si](C)(C)O[Si](C)(OC)O1. The van der Waals surface area contributed by atoms with Crippen molar-refractivity contribution in [1.82, 2.24) is 0 Å². The summed E-state index contributed by atoms with van der Waals surface area (Å²) in [5.41, 5.74) is 0. The van der Waals surface area contributed by atoms with Crippen molar-refractivity contribution in [1.29, 1.82) is 0 Å². The second-order valence-electron chi connectivity index (χ2n) is 5.34. The molecule has 6 nitrogen and oxygen atoms in total. The van der Waals surface area contributed by atoms with Crippen LogP contribution in [0.15, 0.2) is 0 Å². The van der Waals surface area contributed by atoms with Crippen LogP contribution in [0, 0.1) is 0 Å². The monoisotopic (exact) mass is 328 g/mol. The van der Waals surface area contributed by atoms with E-state index in [1.165, 1.54) is 0 Å². The Hall–Kier alpha value is 0.628. The van der Waals surface area contributed by atoms with Gasteiger partial charge in [-0.05, 0) is 26.2 Å². The van der Waals surface area contributed by atoms with E-state index in [2.05, 4.69) is 0 Å². The van der Waals surface area contributed by atoms with Crippen molar-refractivity contribution in [2.24, 2.45) is 0 Å². The molecule has 1 heterocycles. The molecular weight excluding hydrogens is 304 g/mol. The van der Waals surface area contributed by atoms with E-state index >= 15 is 0 Å². The molecule has 18 heavy (non-hydrogen) atoms. The van der Waals surface area contributed by atoms with Crippen LogP contribution in [-0.4, -0.2) is 49.0 Å². The Morgan fingerprint density at radius 3 is 1.17 bits per heavy atom. The lowest BCUT2D eigenvalue weighted by molar-refractivity contribution is 0.105. The molecule has 0 N–H and O–H groups in total. The summed E-state index contributed by atoms with van der Waals surface area (Å²) in [5.74, 6) is 0. The van der Waals surface area contributed by atoms with Gasteiger partial charge in [-0.1, -0.05) is 0 Å². The van der Waals surface area contributed by atoms with Crippen molar-refractivity contribution in [3.63, 3.8) is 0 Å². The Morgan fingerprint density at radius 2 is 0.889 bits per heavy atom. The summed E-state index contributed by atoms with van der Waals surface area (Å²) in [6, 6.07) is 0. The Balaban J connectivity index is 3.07. The summed E-state index contributed by atoms with van der Waals surface area (Å²) in [7, 11) is -7.03. The average Bonchev–Trinajstić information content (AvgIpc) is 2.11. The first-order chi connectivity index (χ1) is 7.95. The topological polar surface area (TPSA) is 55.4 Å². The lowest BCUT2D eigenvalue weighted by Gasteiger charge is -2.45. The lowest BCUT2D eigenvalue weighted by Crippen LogP contribution is -2.67. The van der Waals surface area contributed by atoms with Gasteiger partial charge in [0, 0.05) is 27.3 Å². The molecule has 1 rings (SSSR count). The molecule has 0 aromatic carbocycles. The molecule has 0 radical (unpaired) electrons. The van der Waals surface area contributed by atoms with Crippen LogP contribution in [0.1, 0.15) is 0 Å². The summed E-state index contributed by atoms with van der Waals surface area (Å²) in [5, 5.41) is 0. The fourth-order valence-corrected chi connectivity index (χ4v) is 20.1. The van der Waals surface area contributed by atoms with Gasteiger partial charge in [-0.2, -0.15) is 0 Å². The molecule has 0 bridgehead atoms. The van der Waals surface area contributed by atoms with E-state index in [9.17, 15) is 0 Å². The van der Waals surface area contributed by atoms with Crippen LogP contribution in [0.4, 0.5) is 0 Å². The van der Waals surface area contributed by atoms with Gasteiger partial charge in [-0.25, -0.2) is 0 Å². The van der Waals surface area contributed by atoms with Gasteiger partial charge < -0.3 is 25.3 Å². The van der Waals surface area contributed by atoms with Crippen LogP contribution in [0.25, 0.3) is 0 Å². The predicted octanol–water partition coefficient (Wildman–Crippen LogP) is 1.90. The summed E-state index contributed by atoms with van der Waals surface area (Å²) < 4.78 is 35.2. The zero-order valence-electron chi connectivity index (χ0n) is 12.4. The van der Waals surface area contributed by atoms with Crippen LogP contribution in [-0.2, 0) is 25.3 Å². The number of hydrogen-bond acceptors (Lipinski definition) is 6. The molecule has 0 saturated carbocycles. The second kappa shape index (κ2) is 5.20.